The number of benzene rings is 3. The van der Waals surface area contributed by atoms with E-state index in [0.717, 1.165) is 0 Å². The summed E-state index contributed by atoms with van der Waals surface area (Å²) in [7, 11) is 0. The van der Waals surface area contributed by atoms with Gasteiger partial charge >= 0.3 is 0 Å². The number of alkyl halides is 2. The van der Waals surface area contributed by atoms with Crippen LogP contribution in [0.5, 0.6) is 0 Å². The molecule has 0 aliphatic heterocycles. The van der Waals surface area contributed by atoms with E-state index in [1.165, 1.54) is 32.7 Å². The molecule has 0 nitrogen and oxygen atoms in total. The van der Waals surface area contributed by atoms with Crippen LogP contribution in [0.1, 0.15) is 11.1 Å². The summed E-state index contributed by atoms with van der Waals surface area (Å²) in [5, 5.41) is 5.36. The number of fused-ring (bicyclic) bond motifs is 6. The summed E-state index contributed by atoms with van der Waals surface area (Å²) in [6, 6.07) is 17.2. The molecule has 4 rings (SSSR count). The molecule has 2 heteroatoms. The molecule has 0 atom stereocenters. The van der Waals surface area contributed by atoms with Gasteiger partial charge in [-0.25, -0.2) is 0 Å². The molecule has 0 radical (unpaired) electrons. The van der Waals surface area contributed by atoms with Crippen molar-refractivity contribution in [2.75, 3.05) is 0 Å². The van der Waals surface area contributed by atoms with Crippen molar-refractivity contribution in [2.45, 2.75) is 3.23 Å². The smallest absolute Gasteiger partial charge is 0.0620 e. The fourth-order valence-corrected chi connectivity index (χ4v) is 4.16. The first-order valence-corrected chi connectivity index (χ1v) is 7.12. The zero-order valence-corrected chi connectivity index (χ0v) is 12.0. The Morgan fingerprint density at radius 3 is 1.35 bits per heavy atom. The van der Waals surface area contributed by atoms with Gasteiger partial charge in [-0.1, -0.05) is 80.4 Å². The standard InChI is InChI=1S/C15H8Br2/c16-15(17)13-11-7-3-1-5-9(11)10-6-2-4-8-12(10)14(13)15/h1-8H. The highest BCUT2D eigenvalue weighted by Crippen LogP contribution is 2.65. The molecule has 0 saturated carbocycles. The lowest BCUT2D eigenvalue weighted by atomic mass is 10.0. The van der Waals surface area contributed by atoms with E-state index in [1.807, 2.05) is 0 Å². The van der Waals surface area contributed by atoms with Crippen LogP contribution in [0.3, 0.4) is 0 Å². The first-order valence-electron chi connectivity index (χ1n) is 5.53. The molecule has 17 heavy (non-hydrogen) atoms. The van der Waals surface area contributed by atoms with Crippen LogP contribution in [-0.2, 0) is 3.23 Å². The molecule has 0 bridgehead atoms. The fraction of sp³-hybridized carbons (Fsp3) is 0.0667. The van der Waals surface area contributed by atoms with Gasteiger partial charge in [0.2, 0.25) is 0 Å². The number of rotatable bonds is 0. The van der Waals surface area contributed by atoms with Gasteiger partial charge in [0.15, 0.2) is 0 Å². The highest BCUT2D eigenvalue weighted by atomic mass is 79.9. The average Bonchev–Trinajstić information content (AvgIpc) is 2.94. The lowest BCUT2D eigenvalue weighted by molar-refractivity contribution is 1.51. The zero-order valence-electron chi connectivity index (χ0n) is 8.87. The lowest BCUT2D eigenvalue weighted by Gasteiger charge is -2.01. The van der Waals surface area contributed by atoms with Gasteiger partial charge in [-0.3, -0.25) is 0 Å². The summed E-state index contributed by atoms with van der Waals surface area (Å²) < 4.78 is -0.108. The molecule has 82 valence electrons. The average molecular weight is 348 g/mol. The third kappa shape index (κ3) is 1.18. The van der Waals surface area contributed by atoms with Gasteiger partial charge in [0, 0.05) is 0 Å². The molecule has 1 aliphatic carbocycles. The van der Waals surface area contributed by atoms with Gasteiger partial charge in [0.05, 0.1) is 0 Å². The van der Waals surface area contributed by atoms with Crippen molar-refractivity contribution in [1.82, 2.24) is 0 Å². The summed E-state index contributed by atoms with van der Waals surface area (Å²) in [5.41, 5.74) is 2.76. The predicted molar refractivity (Wildman–Crippen MR) is 80.1 cm³/mol. The Balaban J connectivity index is 2.35. The summed E-state index contributed by atoms with van der Waals surface area (Å²) >= 11 is 7.52. The Kier molecular flexibility index (Phi) is 1.85. The summed E-state index contributed by atoms with van der Waals surface area (Å²) in [4.78, 5) is 0. The molecule has 3 aromatic rings. The first-order chi connectivity index (χ1) is 8.21. The molecule has 0 amide bonds. The van der Waals surface area contributed by atoms with Crippen molar-refractivity contribution >= 4 is 53.4 Å². The minimum Gasteiger partial charge on any atom is -0.0620 e. The fourth-order valence-electron chi connectivity index (χ4n) is 2.72. The number of halogens is 2. The van der Waals surface area contributed by atoms with Crippen LogP contribution < -0.4 is 0 Å². The van der Waals surface area contributed by atoms with E-state index in [2.05, 4.69) is 80.4 Å². The predicted octanol–water partition coefficient (Wildman–Crippen LogP) is 5.30. The first kappa shape index (κ1) is 10.1. The van der Waals surface area contributed by atoms with E-state index in [1.54, 1.807) is 0 Å². The normalized spacial score (nSPS) is 16.1. The van der Waals surface area contributed by atoms with E-state index >= 15 is 0 Å². The molecule has 0 spiro atoms. The Bertz CT molecular complexity index is 708. The van der Waals surface area contributed by atoms with Gasteiger partial charge in [-0.15, -0.1) is 0 Å². The maximum absolute atomic E-state index is 3.76. The van der Waals surface area contributed by atoms with Crippen LogP contribution in [0.2, 0.25) is 0 Å². The topological polar surface area (TPSA) is 0 Å². The van der Waals surface area contributed by atoms with Gasteiger partial charge in [-0.2, -0.15) is 0 Å². The van der Waals surface area contributed by atoms with Crippen LogP contribution in [0.15, 0.2) is 48.5 Å². The van der Waals surface area contributed by atoms with Gasteiger partial charge in [0.25, 0.3) is 0 Å². The SMILES string of the molecule is BrC1(Br)c2c1c1ccccc1c1ccccc21. The quantitative estimate of drug-likeness (QED) is 0.382. The Hall–Kier alpha value is -0.860. The van der Waals surface area contributed by atoms with Crippen molar-refractivity contribution in [3.63, 3.8) is 0 Å². The Labute approximate surface area is 116 Å². The van der Waals surface area contributed by atoms with Crippen LogP contribution in [-0.4, -0.2) is 0 Å². The van der Waals surface area contributed by atoms with Crippen LogP contribution in [0.25, 0.3) is 21.5 Å². The van der Waals surface area contributed by atoms with E-state index < -0.39 is 0 Å². The molecular formula is C15H8Br2. The Morgan fingerprint density at radius 1 is 0.588 bits per heavy atom. The molecule has 0 fully saturated rings. The number of hydrogen-bond donors (Lipinski definition) is 0. The second kappa shape index (κ2) is 3.12. The van der Waals surface area contributed by atoms with Crippen molar-refractivity contribution in [1.29, 1.82) is 0 Å². The highest BCUT2D eigenvalue weighted by Gasteiger charge is 2.49. The second-order valence-electron chi connectivity index (χ2n) is 4.42. The van der Waals surface area contributed by atoms with Gasteiger partial charge < -0.3 is 0 Å². The molecule has 3 aromatic carbocycles. The van der Waals surface area contributed by atoms with E-state index in [4.69, 9.17) is 0 Å². The van der Waals surface area contributed by atoms with Crippen LogP contribution in [0.4, 0.5) is 0 Å². The van der Waals surface area contributed by atoms with Crippen LogP contribution in [0, 0.1) is 0 Å². The van der Waals surface area contributed by atoms with E-state index in [-0.39, 0.29) is 3.23 Å². The molecule has 0 unspecified atom stereocenters. The van der Waals surface area contributed by atoms with Crippen molar-refractivity contribution in [3.8, 4) is 0 Å². The third-order valence-electron chi connectivity index (χ3n) is 3.50. The molecule has 0 saturated heterocycles. The van der Waals surface area contributed by atoms with Gasteiger partial charge in [-0.05, 0) is 32.7 Å². The highest BCUT2D eigenvalue weighted by molar-refractivity contribution is 9.25. The maximum atomic E-state index is 3.76. The molecule has 0 aromatic heterocycles. The zero-order chi connectivity index (χ0) is 11.6. The summed E-state index contributed by atoms with van der Waals surface area (Å²) in [5.74, 6) is 0. The lowest BCUT2D eigenvalue weighted by Crippen LogP contribution is -1.77. The largest absolute Gasteiger partial charge is 0.132 e. The van der Waals surface area contributed by atoms with Gasteiger partial charge in [0.1, 0.15) is 3.23 Å². The third-order valence-corrected chi connectivity index (χ3v) is 5.08. The monoisotopic (exact) mass is 346 g/mol. The van der Waals surface area contributed by atoms with E-state index in [9.17, 15) is 0 Å². The molecule has 1 aliphatic rings. The minimum absolute atomic E-state index is 0.108. The molecular weight excluding hydrogens is 340 g/mol. The second-order valence-corrected chi connectivity index (χ2v) is 7.86. The molecule has 0 N–H and O–H groups in total. The van der Waals surface area contributed by atoms with Crippen LogP contribution >= 0.6 is 31.9 Å². The molecule has 0 heterocycles. The Morgan fingerprint density at radius 2 is 0.941 bits per heavy atom. The maximum Gasteiger partial charge on any atom is 0.132 e. The van der Waals surface area contributed by atoms with Crippen molar-refractivity contribution < 1.29 is 0 Å². The summed E-state index contributed by atoms with van der Waals surface area (Å²) in [6.45, 7) is 0. The minimum atomic E-state index is -0.108. The number of hydrogen-bond acceptors (Lipinski definition) is 0. The van der Waals surface area contributed by atoms with Crippen molar-refractivity contribution in [3.05, 3.63) is 59.7 Å². The van der Waals surface area contributed by atoms with E-state index in [0.29, 0.717) is 0 Å². The van der Waals surface area contributed by atoms with Crippen molar-refractivity contribution in [2.24, 2.45) is 0 Å². The summed E-state index contributed by atoms with van der Waals surface area (Å²) in [6.07, 6.45) is 0.